The fourth-order valence-electron chi connectivity index (χ4n) is 2.65. The van der Waals surface area contributed by atoms with Crippen LogP contribution in [0.2, 0.25) is 0 Å². The number of thioether (sulfide) groups is 1. The first-order valence-electron chi connectivity index (χ1n) is 7.30. The summed E-state index contributed by atoms with van der Waals surface area (Å²) in [6.07, 6.45) is 3.55. The highest BCUT2D eigenvalue weighted by molar-refractivity contribution is 8.00. The van der Waals surface area contributed by atoms with E-state index >= 15 is 0 Å². The van der Waals surface area contributed by atoms with Crippen molar-refractivity contribution < 1.29 is 0 Å². The molecule has 4 unspecified atom stereocenters. The maximum Gasteiger partial charge on any atom is 0.0667 e. The predicted molar refractivity (Wildman–Crippen MR) is 81.6 cm³/mol. The van der Waals surface area contributed by atoms with Gasteiger partial charge in [-0.2, -0.15) is 17.0 Å². The highest BCUT2D eigenvalue weighted by Gasteiger charge is 2.37. The minimum Gasteiger partial charge on any atom is -0.198 e. The van der Waals surface area contributed by atoms with E-state index < -0.39 is 0 Å². The molecule has 0 aromatic carbocycles. The van der Waals surface area contributed by atoms with E-state index in [1.54, 1.807) is 0 Å². The van der Waals surface area contributed by atoms with Crippen LogP contribution in [-0.2, 0) is 0 Å². The van der Waals surface area contributed by atoms with Crippen molar-refractivity contribution in [3.05, 3.63) is 0 Å². The molecule has 0 heterocycles. The summed E-state index contributed by atoms with van der Waals surface area (Å²) < 4.78 is 0. The van der Waals surface area contributed by atoms with E-state index in [0.717, 1.165) is 12.3 Å². The van der Waals surface area contributed by atoms with E-state index in [1.165, 1.54) is 12.8 Å². The lowest BCUT2D eigenvalue weighted by atomic mass is 9.70. The molecular weight excluding hydrogens is 238 g/mol. The maximum absolute atomic E-state index is 9.34. The largest absolute Gasteiger partial charge is 0.198 e. The first kappa shape index (κ1) is 15.9. The van der Waals surface area contributed by atoms with Crippen LogP contribution in [0.1, 0.15) is 60.8 Å². The van der Waals surface area contributed by atoms with E-state index in [2.05, 4.69) is 59.4 Å². The lowest BCUT2D eigenvalue weighted by molar-refractivity contribution is 0.168. The van der Waals surface area contributed by atoms with Gasteiger partial charge in [0.2, 0.25) is 0 Å². The maximum atomic E-state index is 9.34. The Morgan fingerprint density at radius 1 is 1.17 bits per heavy atom. The minimum absolute atomic E-state index is 0.273. The summed E-state index contributed by atoms with van der Waals surface area (Å²) in [6, 6.07) is 2.55. The van der Waals surface area contributed by atoms with Gasteiger partial charge in [0.25, 0.3) is 0 Å². The van der Waals surface area contributed by atoms with Crippen molar-refractivity contribution in [3.8, 4) is 6.07 Å². The molecule has 1 nitrogen and oxygen atoms in total. The minimum atomic E-state index is 0.273. The topological polar surface area (TPSA) is 23.8 Å². The highest BCUT2D eigenvalue weighted by Crippen LogP contribution is 2.45. The molecule has 0 amide bonds. The van der Waals surface area contributed by atoms with Crippen molar-refractivity contribution in [3.63, 3.8) is 0 Å². The lowest BCUT2D eigenvalue weighted by Gasteiger charge is -2.40. The molecule has 104 valence electrons. The molecule has 0 aliphatic heterocycles. The molecule has 18 heavy (non-hydrogen) atoms. The van der Waals surface area contributed by atoms with Crippen LogP contribution >= 0.6 is 11.8 Å². The average molecular weight is 267 g/mol. The van der Waals surface area contributed by atoms with Crippen LogP contribution in [0.5, 0.6) is 0 Å². The summed E-state index contributed by atoms with van der Waals surface area (Å²) in [5.41, 5.74) is 0.389. The Kier molecular flexibility index (Phi) is 5.59. The number of hydrogen-bond acceptors (Lipinski definition) is 2. The van der Waals surface area contributed by atoms with Crippen molar-refractivity contribution in [2.75, 3.05) is 0 Å². The summed E-state index contributed by atoms with van der Waals surface area (Å²) in [6.45, 7) is 13.9. The first-order valence-corrected chi connectivity index (χ1v) is 8.25. The SMILES string of the molecule is CC(C)C(C)SC1CC(C(C)(C)C)CCC1C#N. The average Bonchev–Trinajstić information content (AvgIpc) is 2.27. The molecule has 0 aromatic heterocycles. The number of rotatable bonds is 3. The fourth-order valence-corrected chi connectivity index (χ4v) is 4.24. The van der Waals surface area contributed by atoms with Gasteiger partial charge < -0.3 is 0 Å². The van der Waals surface area contributed by atoms with Gasteiger partial charge in [0, 0.05) is 10.5 Å². The third-order valence-electron chi connectivity index (χ3n) is 4.51. The van der Waals surface area contributed by atoms with Gasteiger partial charge in [-0.3, -0.25) is 0 Å². The molecular formula is C16H29NS. The standard InChI is InChI=1S/C16H29NS/c1-11(2)12(3)18-15-9-14(16(4,5)6)8-7-13(15)10-17/h11-15H,7-9H2,1-6H3. The van der Waals surface area contributed by atoms with Gasteiger partial charge in [-0.15, -0.1) is 0 Å². The van der Waals surface area contributed by atoms with Gasteiger partial charge in [0.05, 0.1) is 12.0 Å². The number of hydrogen-bond donors (Lipinski definition) is 0. The Hall–Kier alpha value is -0.160. The summed E-state index contributed by atoms with van der Waals surface area (Å²) in [5, 5.41) is 10.5. The Morgan fingerprint density at radius 3 is 2.22 bits per heavy atom. The van der Waals surface area contributed by atoms with Gasteiger partial charge in [0.15, 0.2) is 0 Å². The van der Waals surface area contributed by atoms with E-state index in [9.17, 15) is 5.26 Å². The van der Waals surface area contributed by atoms with Crippen LogP contribution in [0.4, 0.5) is 0 Å². The quantitative estimate of drug-likeness (QED) is 0.708. The lowest BCUT2D eigenvalue weighted by Crippen LogP contribution is -2.34. The van der Waals surface area contributed by atoms with E-state index in [1.807, 2.05) is 0 Å². The second-order valence-electron chi connectivity index (χ2n) is 7.24. The zero-order valence-electron chi connectivity index (χ0n) is 12.9. The van der Waals surface area contributed by atoms with E-state index in [0.29, 0.717) is 21.8 Å². The molecule has 1 rings (SSSR count). The summed E-state index contributed by atoms with van der Waals surface area (Å²) >= 11 is 2.06. The smallest absolute Gasteiger partial charge is 0.0667 e. The molecule has 1 aliphatic carbocycles. The third-order valence-corrected chi connectivity index (χ3v) is 6.35. The van der Waals surface area contributed by atoms with Gasteiger partial charge in [-0.05, 0) is 36.5 Å². The van der Waals surface area contributed by atoms with Crippen molar-refractivity contribution in [2.24, 2.45) is 23.2 Å². The molecule has 1 aliphatic rings. The molecule has 0 N–H and O–H groups in total. The summed E-state index contributed by atoms with van der Waals surface area (Å²) in [7, 11) is 0. The fraction of sp³-hybridized carbons (Fsp3) is 0.938. The van der Waals surface area contributed by atoms with Crippen molar-refractivity contribution in [1.82, 2.24) is 0 Å². The monoisotopic (exact) mass is 267 g/mol. The van der Waals surface area contributed by atoms with Crippen LogP contribution in [0.15, 0.2) is 0 Å². The number of nitrogens with zero attached hydrogens (tertiary/aromatic N) is 1. The van der Waals surface area contributed by atoms with E-state index in [4.69, 9.17) is 0 Å². The predicted octanol–water partition coefficient (Wildman–Crippen LogP) is 5.12. The Morgan fingerprint density at radius 2 is 1.78 bits per heavy atom. The second kappa shape index (κ2) is 6.33. The van der Waals surface area contributed by atoms with Crippen LogP contribution in [0.25, 0.3) is 0 Å². The molecule has 1 fully saturated rings. The normalized spacial score (nSPS) is 31.1. The summed E-state index contributed by atoms with van der Waals surface area (Å²) in [4.78, 5) is 0. The van der Waals surface area contributed by atoms with Gasteiger partial charge in [-0.1, -0.05) is 41.5 Å². The van der Waals surface area contributed by atoms with Crippen molar-refractivity contribution >= 4 is 11.8 Å². The van der Waals surface area contributed by atoms with Crippen LogP contribution in [0, 0.1) is 34.5 Å². The van der Waals surface area contributed by atoms with Crippen LogP contribution in [-0.4, -0.2) is 10.5 Å². The Balaban J connectivity index is 2.69. The molecule has 0 aromatic rings. The molecule has 1 saturated carbocycles. The van der Waals surface area contributed by atoms with Gasteiger partial charge in [0.1, 0.15) is 0 Å². The molecule has 0 bridgehead atoms. The molecule has 0 radical (unpaired) electrons. The summed E-state index contributed by atoms with van der Waals surface area (Å²) in [5.74, 6) is 1.75. The molecule has 2 heteroatoms. The van der Waals surface area contributed by atoms with Crippen molar-refractivity contribution in [1.29, 1.82) is 5.26 Å². The van der Waals surface area contributed by atoms with Gasteiger partial charge in [-0.25, -0.2) is 0 Å². The third kappa shape index (κ3) is 4.19. The van der Waals surface area contributed by atoms with Crippen molar-refractivity contribution in [2.45, 2.75) is 71.3 Å². The molecule has 0 spiro atoms. The molecule has 0 saturated heterocycles. The Labute approximate surface area is 118 Å². The highest BCUT2D eigenvalue weighted by atomic mass is 32.2. The van der Waals surface area contributed by atoms with Crippen LogP contribution < -0.4 is 0 Å². The number of nitriles is 1. The van der Waals surface area contributed by atoms with E-state index in [-0.39, 0.29) is 5.92 Å². The second-order valence-corrected chi connectivity index (χ2v) is 8.86. The molecule has 4 atom stereocenters. The zero-order valence-corrected chi connectivity index (χ0v) is 13.7. The zero-order chi connectivity index (χ0) is 13.9. The van der Waals surface area contributed by atoms with Crippen LogP contribution in [0.3, 0.4) is 0 Å². The first-order chi connectivity index (χ1) is 8.25. The van der Waals surface area contributed by atoms with Gasteiger partial charge >= 0.3 is 0 Å². The Bertz CT molecular complexity index is 297.